The molecule has 1 rings (SSSR count). The van der Waals surface area contributed by atoms with Crippen molar-refractivity contribution >= 4 is 23.8 Å². The van der Waals surface area contributed by atoms with Crippen molar-refractivity contribution < 1.29 is 14.7 Å². The lowest BCUT2D eigenvalue weighted by Crippen LogP contribution is -2.53. The summed E-state index contributed by atoms with van der Waals surface area (Å²) in [5, 5.41) is 9.03. The van der Waals surface area contributed by atoms with Gasteiger partial charge in [-0.15, -0.1) is 0 Å². The molecule has 2 amide bonds. The van der Waals surface area contributed by atoms with Gasteiger partial charge >= 0.3 is 12.0 Å². The summed E-state index contributed by atoms with van der Waals surface area (Å²) in [5.41, 5.74) is 0. The van der Waals surface area contributed by atoms with E-state index in [9.17, 15) is 9.59 Å². The molecule has 0 aliphatic carbocycles. The van der Waals surface area contributed by atoms with E-state index >= 15 is 0 Å². The molecule has 1 aliphatic heterocycles. The Morgan fingerprint density at radius 3 is 2.29 bits per heavy atom. The second-order valence-electron chi connectivity index (χ2n) is 6.50. The molecule has 1 atom stereocenters. The molecular formula is C15H28N2O3S. The minimum atomic E-state index is -0.834. The molecule has 0 aromatic rings. The lowest BCUT2D eigenvalue weighted by Gasteiger charge is -2.39. The quantitative estimate of drug-likeness (QED) is 0.818. The highest BCUT2D eigenvalue weighted by Gasteiger charge is 2.32. The number of carboxylic acid groups (broad SMARTS) is 1. The van der Waals surface area contributed by atoms with Crippen molar-refractivity contribution in [3.8, 4) is 0 Å². The Labute approximate surface area is 132 Å². The van der Waals surface area contributed by atoms with Crippen LogP contribution in [0.1, 0.15) is 34.1 Å². The monoisotopic (exact) mass is 316 g/mol. The van der Waals surface area contributed by atoms with Gasteiger partial charge in [0.05, 0.1) is 12.5 Å². The molecule has 0 radical (unpaired) electrons. The molecule has 0 bridgehead atoms. The molecule has 0 aromatic heterocycles. The fourth-order valence-corrected chi connectivity index (χ4v) is 3.63. The Bertz CT molecular complexity index is 351. The van der Waals surface area contributed by atoms with Gasteiger partial charge in [0, 0.05) is 31.1 Å². The molecule has 1 aliphatic rings. The number of thioether (sulfide) groups is 1. The third-order valence-electron chi connectivity index (χ3n) is 3.33. The minimum absolute atomic E-state index is 0.00366. The van der Waals surface area contributed by atoms with Gasteiger partial charge in [-0.2, -0.15) is 11.8 Å². The van der Waals surface area contributed by atoms with E-state index < -0.39 is 5.97 Å². The summed E-state index contributed by atoms with van der Waals surface area (Å²) in [4.78, 5) is 27.5. The first-order chi connectivity index (χ1) is 9.81. The van der Waals surface area contributed by atoms with Crippen LogP contribution >= 0.6 is 11.8 Å². The van der Waals surface area contributed by atoms with Crippen LogP contribution in [0.5, 0.6) is 0 Å². The predicted octanol–water partition coefficient (Wildman–Crippen LogP) is 2.61. The average Bonchev–Trinajstić information content (AvgIpc) is 2.36. The molecule has 0 aromatic carbocycles. The first-order valence-corrected chi connectivity index (χ1v) is 8.81. The number of carbonyl (C=O) groups excluding carboxylic acids is 1. The molecule has 1 saturated heterocycles. The largest absolute Gasteiger partial charge is 0.481 e. The van der Waals surface area contributed by atoms with Gasteiger partial charge in [-0.1, -0.05) is 27.7 Å². The fourth-order valence-electron chi connectivity index (χ4n) is 2.57. The fraction of sp³-hybridized carbons (Fsp3) is 0.867. The first kappa shape index (κ1) is 18.1. The van der Waals surface area contributed by atoms with Gasteiger partial charge in [0.15, 0.2) is 0 Å². The van der Waals surface area contributed by atoms with Crippen LogP contribution in [0, 0.1) is 11.8 Å². The number of nitrogens with zero attached hydrogens (tertiary/aromatic N) is 2. The minimum Gasteiger partial charge on any atom is -0.481 e. The number of carbonyl (C=O) groups is 2. The molecule has 1 unspecified atom stereocenters. The van der Waals surface area contributed by atoms with E-state index in [4.69, 9.17) is 5.11 Å². The highest BCUT2D eigenvalue weighted by Crippen LogP contribution is 2.21. The summed E-state index contributed by atoms with van der Waals surface area (Å²) in [7, 11) is 0. The zero-order valence-electron chi connectivity index (χ0n) is 13.5. The van der Waals surface area contributed by atoms with Gasteiger partial charge in [-0.25, -0.2) is 4.79 Å². The zero-order chi connectivity index (χ0) is 16.0. The third-order valence-corrected chi connectivity index (χ3v) is 4.42. The smallest absolute Gasteiger partial charge is 0.320 e. The van der Waals surface area contributed by atoms with Gasteiger partial charge in [-0.3, -0.25) is 4.79 Å². The van der Waals surface area contributed by atoms with Gasteiger partial charge in [0.25, 0.3) is 0 Å². The Morgan fingerprint density at radius 2 is 1.81 bits per heavy atom. The van der Waals surface area contributed by atoms with E-state index in [2.05, 4.69) is 27.7 Å². The van der Waals surface area contributed by atoms with Gasteiger partial charge in [-0.05, 0) is 11.8 Å². The van der Waals surface area contributed by atoms with Crippen molar-refractivity contribution in [3.63, 3.8) is 0 Å². The van der Waals surface area contributed by atoms with Crippen molar-refractivity contribution in [1.29, 1.82) is 0 Å². The van der Waals surface area contributed by atoms with E-state index in [-0.39, 0.29) is 18.5 Å². The van der Waals surface area contributed by atoms with E-state index in [1.807, 2.05) is 4.90 Å². The molecule has 1 heterocycles. The standard InChI is InChI=1S/C15H28N2O3S/c1-11(2)8-16(9-12(3)4)15(20)17-5-6-21-10-13(17)7-14(18)19/h11-13H,5-10H2,1-4H3,(H,18,19). The maximum atomic E-state index is 12.8. The maximum absolute atomic E-state index is 12.8. The van der Waals surface area contributed by atoms with Crippen molar-refractivity contribution in [3.05, 3.63) is 0 Å². The van der Waals surface area contributed by atoms with Crippen molar-refractivity contribution in [2.45, 2.75) is 40.2 Å². The topological polar surface area (TPSA) is 60.9 Å². The molecule has 0 spiro atoms. The number of rotatable bonds is 6. The maximum Gasteiger partial charge on any atom is 0.320 e. The van der Waals surface area contributed by atoms with Crippen LogP contribution in [0.4, 0.5) is 4.79 Å². The molecule has 6 heteroatoms. The SMILES string of the molecule is CC(C)CN(CC(C)C)C(=O)N1CCSCC1CC(=O)O. The van der Waals surface area contributed by atoms with Crippen LogP contribution in [-0.4, -0.2) is 64.1 Å². The number of urea groups is 1. The number of hydrogen-bond acceptors (Lipinski definition) is 3. The van der Waals surface area contributed by atoms with E-state index in [1.54, 1.807) is 16.7 Å². The average molecular weight is 316 g/mol. The Balaban J connectivity index is 2.79. The Kier molecular flexibility index (Phi) is 7.35. The van der Waals surface area contributed by atoms with Crippen molar-refractivity contribution in [2.24, 2.45) is 11.8 Å². The van der Waals surface area contributed by atoms with Gasteiger partial charge < -0.3 is 14.9 Å². The second kappa shape index (κ2) is 8.51. The summed E-state index contributed by atoms with van der Waals surface area (Å²) in [6.45, 7) is 10.5. The molecule has 1 N–H and O–H groups in total. The highest BCUT2D eigenvalue weighted by molar-refractivity contribution is 7.99. The van der Waals surface area contributed by atoms with Crippen LogP contribution in [0.15, 0.2) is 0 Å². The summed E-state index contributed by atoms with van der Waals surface area (Å²) in [5.74, 6) is 1.59. The van der Waals surface area contributed by atoms with Gasteiger partial charge in [0.1, 0.15) is 0 Å². The van der Waals surface area contributed by atoms with Crippen molar-refractivity contribution in [2.75, 3.05) is 31.1 Å². The zero-order valence-corrected chi connectivity index (χ0v) is 14.4. The molecule has 5 nitrogen and oxygen atoms in total. The molecule has 0 saturated carbocycles. The molecule has 1 fully saturated rings. The Morgan fingerprint density at radius 1 is 1.24 bits per heavy atom. The second-order valence-corrected chi connectivity index (χ2v) is 7.65. The van der Waals surface area contributed by atoms with Gasteiger partial charge in [0.2, 0.25) is 0 Å². The van der Waals surface area contributed by atoms with Crippen molar-refractivity contribution in [1.82, 2.24) is 9.80 Å². The summed E-state index contributed by atoms with van der Waals surface area (Å²) in [6.07, 6.45) is 0.0376. The van der Waals surface area contributed by atoms with Crippen LogP contribution in [0.25, 0.3) is 0 Å². The number of aliphatic carboxylic acids is 1. The predicted molar refractivity (Wildman–Crippen MR) is 86.7 cm³/mol. The number of amides is 2. The van der Waals surface area contributed by atoms with Crippen LogP contribution < -0.4 is 0 Å². The molecule has 21 heavy (non-hydrogen) atoms. The van der Waals surface area contributed by atoms with E-state index in [1.165, 1.54) is 0 Å². The lowest BCUT2D eigenvalue weighted by molar-refractivity contribution is -0.138. The highest BCUT2D eigenvalue weighted by atomic mass is 32.2. The summed E-state index contributed by atoms with van der Waals surface area (Å²) < 4.78 is 0. The molecular weight excluding hydrogens is 288 g/mol. The summed E-state index contributed by atoms with van der Waals surface area (Å²) >= 11 is 1.73. The van der Waals surface area contributed by atoms with Crippen LogP contribution in [-0.2, 0) is 4.79 Å². The molecule has 122 valence electrons. The first-order valence-electron chi connectivity index (χ1n) is 7.66. The normalized spacial score (nSPS) is 19.1. The third kappa shape index (κ3) is 6.16. The van der Waals surface area contributed by atoms with Crippen LogP contribution in [0.3, 0.4) is 0 Å². The van der Waals surface area contributed by atoms with Crippen LogP contribution in [0.2, 0.25) is 0 Å². The number of hydrogen-bond donors (Lipinski definition) is 1. The van der Waals surface area contributed by atoms with E-state index in [0.717, 1.165) is 24.6 Å². The summed E-state index contributed by atoms with van der Waals surface area (Å²) in [6, 6.07) is -0.181. The Hall–Kier alpha value is -0.910. The lowest BCUT2D eigenvalue weighted by atomic mass is 10.1. The van der Waals surface area contributed by atoms with E-state index in [0.29, 0.717) is 18.4 Å². The number of carboxylic acids is 1.